The highest BCUT2D eigenvalue weighted by molar-refractivity contribution is 6.74. The Bertz CT molecular complexity index is 463. The second-order valence-corrected chi connectivity index (χ2v) is 11.2. The van der Waals surface area contributed by atoms with Gasteiger partial charge in [0.1, 0.15) is 6.10 Å². The van der Waals surface area contributed by atoms with Crippen molar-refractivity contribution in [3.05, 3.63) is 16.4 Å². The Kier molecular flexibility index (Phi) is 7.73. The van der Waals surface area contributed by atoms with E-state index < -0.39 is 31.8 Å². The van der Waals surface area contributed by atoms with Crippen molar-refractivity contribution < 1.29 is 23.8 Å². The van der Waals surface area contributed by atoms with Crippen LogP contribution in [0.3, 0.4) is 0 Å². The second-order valence-electron chi connectivity index (χ2n) is 6.47. The lowest BCUT2D eigenvalue weighted by Gasteiger charge is -2.38. The predicted molar refractivity (Wildman–Crippen MR) is 85.3 cm³/mol. The molecular weight excluding hydrogens is 304 g/mol. The summed E-state index contributed by atoms with van der Waals surface area (Å²) in [6.07, 6.45) is -0.476. The molecule has 0 aromatic rings. The van der Waals surface area contributed by atoms with E-state index >= 15 is 0 Å². The highest BCUT2D eigenvalue weighted by Crippen LogP contribution is 2.38. The Hall–Kier alpha value is -1.43. The summed E-state index contributed by atoms with van der Waals surface area (Å²) >= 11 is 0. The molecule has 0 aromatic carbocycles. The number of aliphatic hydroxyl groups is 1. The Morgan fingerprint density at radius 2 is 1.86 bits per heavy atom. The van der Waals surface area contributed by atoms with Gasteiger partial charge in [0.25, 0.3) is 0 Å². The van der Waals surface area contributed by atoms with E-state index in [1.54, 1.807) is 0 Å². The van der Waals surface area contributed by atoms with Gasteiger partial charge >= 0.3 is 11.7 Å². The summed E-state index contributed by atoms with van der Waals surface area (Å²) in [5, 5.41) is 19.2. The molecule has 0 heterocycles. The third-order valence-corrected chi connectivity index (χ3v) is 8.34. The summed E-state index contributed by atoms with van der Waals surface area (Å²) in [5.41, 5.74) is -0.553. The number of methoxy groups -OCH3 is 2. The van der Waals surface area contributed by atoms with Crippen molar-refractivity contribution in [3.8, 4) is 0 Å². The van der Waals surface area contributed by atoms with Crippen LogP contribution in [-0.2, 0) is 18.7 Å². The molecule has 8 heteroatoms. The average Bonchev–Trinajstić information content (AvgIpc) is 2.42. The lowest BCUT2D eigenvalue weighted by molar-refractivity contribution is -0.136. The molecule has 0 rings (SSSR count). The maximum atomic E-state index is 11.6. The number of carbonyl (C=O) groups excluding carboxylic acids is 1. The zero-order chi connectivity index (χ0) is 17.6. The van der Waals surface area contributed by atoms with Gasteiger partial charge in [0.2, 0.25) is 11.2 Å². The van der Waals surface area contributed by atoms with Gasteiger partial charge in [-0.3, -0.25) is 0 Å². The molecular formula is C14H27N2O5Si+. The first-order valence-electron chi connectivity index (χ1n) is 7.05. The van der Waals surface area contributed by atoms with Gasteiger partial charge in [-0.25, -0.2) is 4.79 Å². The molecule has 0 radical (unpaired) electrons. The minimum absolute atomic E-state index is 0.0829. The van der Waals surface area contributed by atoms with Crippen molar-refractivity contribution in [2.45, 2.75) is 51.4 Å². The molecule has 0 aliphatic carbocycles. The lowest BCUT2D eigenvalue weighted by Crippen LogP contribution is -2.45. The molecule has 0 amide bonds. The molecule has 1 N–H and O–H groups in total. The number of aliphatic hydroxyl groups excluding tert-OH is 1. The van der Waals surface area contributed by atoms with E-state index in [0.717, 1.165) is 7.11 Å². The topological polar surface area (TPSA) is 93.1 Å². The van der Waals surface area contributed by atoms with E-state index in [1.165, 1.54) is 7.11 Å². The van der Waals surface area contributed by atoms with E-state index in [9.17, 15) is 9.90 Å². The number of carbonyl (C=O) groups is 1. The first kappa shape index (κ1) is 20.6. The number of ether oxygens (including phenoxy) is 2. The van der Waals surface area contributed by atoms with Gasteiger partial charge in [0.15, 0.2) is 13.3 Å². The molecule has 0 aliphatic heterocycles. The first-order valence-corrected chi connectivity index (χ1v) is 9.96. The van der Waals surface area contributed by atoms with Crippen molar-refractivity contribution >= 4 is 14.3 Å². The van der Waals surface area contributed by atoms with Crippen LogP contribution < -0.4 is 0 Å². The van der Waals surface area contributed by atoms with Crippen LogP contribution in [0.4, 0.5) is 0 Å². The van der Waals surface area contributed by atoms with Crippen molar-refractivity contribution in [1.82, 2.24) is 0 Å². The standard InChI is InChI=1S/C14H26N2O5Si/c1-14(2,3)22(6,7)21-10(8-9-19-4)12(17)11(16-15)13(18)20-5/h10H,8-9H2,1-7H3/p+1/t10-/m0/s1. The molecule has 7 nitrogen and oxygen atoms in total. The van der Waals surface area contributed by atoms with Crippen LogP contribution in [0.15, 0.2) is 11.5 Å². The molecule has 0 aliphatic rings. The summed E-state index contributed by atoms with van der Waals surface area (Å²) in [4.78, 5) is 14.4. The van der Waals surface area contributed by atoms with E-state index in [-0.39, 0.29) is 5.04 Å². The van der Waals surface area contributed by atoms with Gasteiger partial charge in [-0.05, 0) is 18.1 Å². The number of nitrogens with zero attached hydrogens (tertiary/aromatic N) is 2. The average molecular weight is 331 g/mol. The van der Waals surface area contributed by atoms with Crippen LogP contribution in [-0.4, -0.2) is 46.3 Å². The van der Waals surface area contributed by atoms with Crippen LogP contribution in [0.1, 0.15) is 27.2 Å². The van der Waals surface area contributed by atoms with Gasteiger partial charge in [-0.1, -0.05) is 20.8 Å². The van der Waals surface area contributed by atoms with Crippen LogP contribution >= 0.6 is 0 Å². The molecule has 0 fully saturated rings. The van der Waals surface area contributed by atoms with Crippen LogP contribution in [0.5, 0.6) is 0 Å². The summed E-state index contributed by atoms with van der Waals surface area (Å²) in [6, 6.07) is 0. The van der Waals surface area contributed by atoms with Crippen LogP contribution in [0.2, 0.25) is 18.1 Å². The highest BCUT2D eigenvalue weighted by Gasteiger charge is 2.43. The number of diazo groups is 1. The lowest BCUT2D eigenvalue weighted by atomic mass is 10.2. The fourth-order valence-corrected chi connectivity index (χ4v) is 2.75. The Morgan fingerprint density at radius 3 is 2.23 bits per heavy atom. The van der Waals surface area contributed by atoms with Gasteiger partial charge in [-0.15, -0.1) is 0 Å². The Balaban J connectivity index is 5.60. The van der Waals surface area contributed by atoms with Gasteiger partial charge in [0.05, 0.1) is 7.11 Å². The Labute approximate surface area is 133 Å². The SMILES string of the molecule is COCC[C@H](O[Si](C)(C)C(C)(C)C)/C(O)=C(\[N+]#N)C(=O)OC. The van der Waals surface area contributed by atoms with Crippen molar-refractivity contribution in [3.63, 3.8) is 0 Å². The molecule has 0 saturated heterocycles. The number of hydrogen-bond donors (Lipinski definition) is 1. The second kappa shape index (κ2) is 8.27. The largest absolute Gasteiger partial charge is 0.507 e. The van der Waals surface area contributed by atoms with Gasteiger partial charge in [-0.2, -0.15) is 0 Å². The molecule has 0 bridgehead atoms. The molecule has 1 atom stereocenters. The maximum absolute atomic E-state index is 11.6. The van der Waals surface area contributed by atoms with E-state index in [0.29, 0.717) is 13.0 Å². The smallest absolute Gasteiger partial charge is 0.503 e. The molecule has 126 valence electrons. The highest BCUT2D eigenvalue weighted by atomic mass is 28.4. The molecule has 0 aromatic heterocycles. The first-order chi connectivity index (χ1) is 10.0. The maximum Gasteiger partial charge on any atom is 0.507 e. The number of rotatable bonds is 7. The molecule has 0 saturated carbocycles. The van der Waals surface area contributed by atoms with E-state index in [1.807, 2.05) is 13.1 Å². The van der Waals surface area contributed by atoms with E-state index in [4.69, 9.17) is 14.6 Å². The Morgan fingerprint density at radius 1 is 1.32 bits per heavy atom. The van der Waals surface area contributed by atoms with Crippen LogP contribution in [0.25, 0.3) is 4.98 Å². The number of hydrogen-bond acceptors (Lipinski definition) is 6. The van der Waals surface area contributed by atoms with Crippen molar-refractivity contribution in [2.75, 3.05) is 20.8 Å². The minimum atomic E-state index is -2.21. The fraction of sp³-hybridized carbons (Fsp3) is 0.786. The van der Waals surface area contributed by atoms with E-state index in [2.05, 4.69) is 30.5 Å². The monoisotopic (exact) mass is 331 g/mol. The zero-order valence-corrected chi connectivity index (χ0v) is 15.5. The normalized spacial score (nSPS) is 14.8. The summed E-state index contributed by atoms with van der Waals surface area (Å²) in [6.45, 7) is 10.5. The molecule has 0 unspecified atom stereocenters. The quantitative estimate of drug-likeness (QED) is 0.253. The summed E-state index contributed by atoms with van der Waals surface area (Å²) in [5.74, 6) is -1.38. The van der Waals surface area contributed by atoms with Crippen molar-refractivity contribution in [1.29, 1.82) is 5.39 Å². The third-order valence-electron chi connectivity index (χ3n) is 3.85. The fourth-order valence-electron chi connectivity index (χ4n) is 1.45. The van der Waals surface area contributed by atoms with Crippen molar-refractivity contribution in [2.24, 2.45) is 0 Å². The summed E-state index contributed by atoms with van der Waals surface area (Å²) < 4.78 is 15.6. The summed E-state index contributed by atoms with van der Waals surface area (Å²) in [7, 11) is 0.459. The predicted octanol–water partition coefficient (Wildman–Crippen LogP) is 3.21. The van der Waals surface area contributed by atoms with Crippen LogP contribution in [0, 0.1) is 5.39 Å². The zero-order valence-electron chi connectivity index (χ0n) is 14.5. The minimum Gasteiger partial charge on any atom is -0.503 e. The molecule has 22 heavy (non-hydrogen) atoms. The number of esters is 1. The van der Waals surface area contributed by atoms with Gasteiger partial charge < -0.3 is 19.0 Å². The molecule has 0 spiro atoms. The third kappa shape index (κ3) is 5.40. The van der Waals surface area contributed by atoms with Gasteiger partial charge in [0, 0.05) is 20.1 Å².